The third kappa shape index (κ3) is 6.02. The number of carbonyl (C=O) groups is 2. The summed E-state index contributed by atoms with van der Waals surface area (Å²) in [5.74, 6) is -0.416. The number of likely N-dealkylation sites (tertiary alicyclic amines) is 1. The molecule has 0 atom stereocenters. The van der Waals surface area contributed by atoms with Crippen molar-refractivity contribution in [1.29, 1.82) is 5.26 Å². The molecular formula is C27H29F3N8O2. The normalized spacial score (nSPS) is 17.4. The van der Waals surface area contributed by atoms with Gasteiger partial charge in [0.25, 0.3) is 5.91 Å². The molecule has 10 nitrogen and oxygen atoms in total. The Morgan fingerprint density at radius 1 is 1.12 bits per heavy atom. The van der Waals surface area contributed by atoms with Gasteiger partial charge in [0.1, 0.15) is 5.56 Å². The number of halogens is 3. The lowest BCUT2D eigenvalue weighted by Crippen LogP contribution is -2.46. The Hall–Kier alpha value is -4.18. The standard InChI is InChI=1S/C27H29F3N8O2/c28-27(29,30)37-12-7-22(34-37)20-5-3-19(4-6-20)16-36-13-9-26(8-11-31,10-14-36)38-17-21(24(32)40)25(35-38)33-23(39)15-18-1-2-18/h3-7,12,17-18H,1-2,8-10,13-16H2,(H2,32,40)(H,33,35,39). The van der Waals surface area contributed by atoms with Crippen molar-refractivity contribution >= 4 is 17.6 Å². The highest BCUT2D eigenvalue weighted by molar-refractivity contribution is 6.01. The van der Waals surface area contributed by atoms with E-state index in [1.165, 1.54) is 12.3 Å². The third-order valence-corrected chi connectivity index (χ3v) is 7.59. The van der Waals surface area contributed by atoms with Gasteiger partial charge in [-0.05, 0) is 43.2 Å². The summed E-state index contributed by atoms with van der Waals surface area (Å²) >= 11 is 0. The van der Waals surface area contributed by atoms with Crippen molar-refractivity contribution in [2.24, 2.45) is 11.7 Å². The highest BCUT2D eigenvalue weighted by Gasteiger charge is 2.38. The van der Waals surface area contributed by atoms with Crippen LogP contribution in [0.15, 0.2) is 42.7 Å². The first-order valence-electron chi connectivity index (χ1n) is 13.1. The third-order valence-electron chi connectivity index (χ3n) is 7.59. The summed E-state index contributed by atoms with van der Waals surface area (Å²) in [6, 6.07) is 10.8. The minimum Gasteiger partial charge on any atom is -0.365 e. The lowest BCUT2D eigenvalue weighted by Gasteiger charge is -2.40. The number of anilines is 1. The second kappa shape index (κ2) is 10.8. The lowest BCUT2D eigenvalue weighted by molar-refractivity contribution is -0.212. The molecule has 0 bridgehead atoms. The predicted molar refractivity (Wildman–Crippen MR) is 138 cm³/mol. The van der Waals surface area contributed by atoms with E-state index in [2.05, 4.69) is 26.5 Å². The van der Waals surface area contributed by atoms with Gasteiger partial charge < -0.3 is 11.1 Å². The molecule has 3 N–H and O–H groups in total. The Labute approximate surface area is 228 Å². The molecular weight excluding hydrogens is 525 g/mol. The summed E-state index contributed by atoms with van der Waals surface area (Å²) in [5, 5.41) is 20.5. The van der Waals surface area contributed by atoms with Gasteiger partial charge in [-0.15, -0.1) is 13.2 Å². The quantitative estimate of drug-likeness (QED) is 0.411. The number of amides is 2. The topological polar surface area (TPSA) is 135 Å². The Morgan fingerprint density at radius 3 is 2.40 bits per heavy atom. The molecule has 1 saturated carbocycles. The number of nitrogens with zero attached hydrogens (tertiary/aromatic N) is 6. The number of hydrogen-bond donors (Lipinski definition) is 2. The van der Waals surface area contributed by atoms with Gasteiger partial charge in [-0.3, -0.25) is 19.2 Å². The van der Waals surface area contributed by atoms with Crippen LogP contribution in [0, 0.1) is 17.2 Å². The van der Waals surface area contributed by atoms with Crippen LogP contribution in [-0.4, -0.2) is 49.4 Å². The van der Waals surface area contributed by atoms with E-state index in [0.29, 0.717) is 50.4 Å². The first kappa shape index (κ1) is 27.4. The van der Waals surface area contributed by atoms with Gasteiger partial charge in [0.05, 0.1) is 23.7 Å². The van der Waals surface area contributed by atoms with Crippen LogP contribution < -0.4 is 11.1 Å². The molecule has 3 heterocycles. The van der Waals surface area contributed by atoms with E-state index in [9.17, 15) is 28.0 Å². The molecule has 2 amide bonds. The summed E-state index contributed by atoms with van der Waals surface area (Å²) in [6.45, 7) is 1.91. The molecule has 3 aromatic rings. The Balaban J connectivity index is 1.25. The number of alkyl halides is 3. The van der Waals surface area contributed by atoms with Crippen LogP contribution >= 0.6 is 0 Å². The minimum atomic E-state index is -4.56. The first-order chi connectivity index (χ1) is 19.1. The van der Waals surface area contributed by atoms with Crippen molar-refractivity contribution in [2.75, 3.05) is 18.4 Å². The van der Waals surface area contributed by atoms with Crippen LogP contribution in [0.25, 0.3) is 11.3 Å². The fourth-order valence-corrected chi connectivity index (χ4v) is 5.08. The molecule has 1 aliphatic carbocycles. The van der Waals surface area contributed by atoms with Crippen molar-refractivity contribution in [1.82, 2.24) is 24.5 Å². The maximum atomic E-state index is 12.8. The molecule has 1 aromatic carbocycles. The largest absolute Gasteiger partial charge is 0.504 e. The van der Waals surface area contributed by atoms with Crippen LogP contribution in [0.2, 0.25) is 0 Å². The summed E-state index contributed by atoms with van der Waals surface area (Å²) in [6.07, 6.45) is 1.62. The van der Waals surface area contributed by atoms with Crippen LogP contribution in [0.3, 0.4) is 0 Å². The molecule has 1 saturated heterocycles. The van der Waals surface area contributed by atoms with Crippen molar-refractivity contribution in [3.8, 4) is 17.3 Å². The van der Waals surface area contributed by atoms with E-state index in [1.54, 1.807) is 16.8 Å². The summed E-state index contributed by atoms with van der Waals surface area (Å²) < 4.78 is 40.1. The van der Waals surface area contributed by atoms with E-state index in [4.69, 9.17) is 5.73 Å². The monoisotopic (exact) mass is 554 g/mol. The van der Waals surface area contributed by atoms with Crippen LogP contribution in [0.1, 0.15) is 54.4 Å². The smallest absolute Gasteiger partial charge is 0.365 e. The van der Waals surface area contributed by atoms with E-state index < -0.39 is 17.7 Å². The van der Waals surface area contributed by atoms with E-state index in [0.717, 1.165) is 24.6 Å². The minimum absolute atomic E-state index is 0.0193. The summed E-state index contributed by atoms with van der Waals surface area (Å²) in [7, 11) is 0. The zero-order valence-electron chi connectivity index (χ0n) is 21.7. The fourth-order valence-electron chi connectivity index (χ4n) is 5.08. The Bertz CT molecular complexity index is 1430. The zero-order valence-corrected chi connectivity index (χ0v) is 21.7. The molecule has 0 radical (unpaired) electrons. The van der Waals surface area contributed by atoms with Gasteiger partial charge in [0, 0.05) is 44.0 Å². The fraction of sp³-hybridized carbons (Fsp3) is 0.444. The van der Waals surface area contributed by atoms with Gasteiger partial charge in [-0.1, -0.05) is 24.3 Å². The number of nitrogens with one attached hydrogen (secondary N) is 1. The molecule has 2 fully saturated rings. The van der Waals surface area contributed by atoms with Crippen molar-refractivity contribution in [2.45, 2.75) is 56.9 Å². The first-order valence-corrected chi connectivity index (χ1v) is 13.1. The number of primary amides is 1. The number of carbonyl (C=O) groups excluding carboxylic acids is 2. The van der Waals surface area contributed by atoms with Gasteiger partial charge in [-0.2, -0.15) is 20.1 Å². The maximum absolute atomic E-state index is 12.8. The molecule has 0 unspecified atom stereocenters. The van der Waals surface area contributed by atoms with E-state index in [1.807, 2.05) is 12.1 Å². The van der Waals surface area contributed by atoms with Crippen molar-refractivity contribution in [3.05, 3.63) is 53.9 Å². The average Bonchev–Trinajstić information content (AvgIpc) is 3.38. The van der Waals surface area contributed by atoms with Gasteiger partial charge in [0.2, 0.25) is 5.91 Å². The molecule has 2 aliphatic rings. The van der Waals surface area contributed by atoms with Gasteiger partial charge in [0.15, 0.2) is 5.82 Å². The number of nitrogens with two attached hydrogens (primary N) is 1. The SMILES string of the molecule is N#CCC1(n2cc(C(N)=O)c(NC(=O)CC3CC3)n2)CCN(Cc2ccc(-c3ccn(C(F)(F)F)n3)cc2)CC1. The lowest BCUT2D eigenvalue weighted by atomic mass is 9.84. The van der Waals surface area contributed by atoms with E-state index >= 15 is 0 Å². The molecule has 13 heteroatoms. The summed E-state index contributed by atoms with van der Waals surface area (Å²) in [4.78, 5) is 26.7. The predicted octanol–water partition coefficient (Wildman–Crippen LogP) is 3.97. The number of rotatable bonds is 9. The van der Waals surface area contributed by atoms with Crippen LogP contribution in [-0.2, 0) is 23.2 Å². The van der Waals surface area contributed by atoms with Crippen LogP contribution in [0.5, 0.6) is 0 Å². The molecule has 40 heavy (non-hydrogen) atoms. The molecule has 5 rings (SSSR count). The second-order valence-corrected chi connectivity index (χ2v) is 10.5. The maximum Gasteiger partial charge on any atom is 0.504 e. The van der Waals surface area contributed by atoms with Gasteiger partial charge in [-0.25, -0.2) is 0 Å². The molecule has 0 spiro atoms. The summed E-state index contributed by atoms with van der Waals surface area (Å²) in [5.41, 5.74) is 6.84. The molecule has 2 aromatic heterocycles. The highest BCUT2D eigenvalue weighted by atomic mass is 19.4. The van der Waals surface area contributed by atoms with Crippen molar-refractivity contribution in [3.63, 3.8) is 0 Å². The zero-order chi connectivity index (χ0) is 28.5. The number of hydrogen-bond acceptors (Lipinski definition) is 6. The Morgan fingerprint density at radius 2 is 1.82 bits per heavy atom. The average molecular weight is 555 g/mol. The van der Waals surface area contributed by atoms with Crippen LogP contribution in [0.4, 0.5) is 19.0 Å². The van der Waals surface area contributed by atoms with Crippen molar-refractivity contribution < 1.29 is 22.8 Å². The number of nitriles is 1. The Kier molecular flexibility index (Phi) is 7.37. The second-order valence-electron chi connectivity index (χ2n) is 10.5. The highest BCUT2D eigenvalue weighted by Crippen LogP contribution is 2.36. The number of aromatic nitrogens is 4. The number of piperidine rings is 1. The molecule has 1 aliphatic heterocycles. The van der Waals surface area contributed by atoms with E-state index in [-0.39, 0.29) is 34.1 Å². The molecule has 210 valence electrons. The number of benzene rings is 1. The van der Waals surface area contributed by atoms with Gasteiger partial charge >= 0.3 is 6.30 Å².